The zero-order chi connectivity index (χ0) is 14.5. The van der Waals surface area contributed by atoms with E-state index in [1.54, 1.807) is 11.0 Å². The van der Waals surface area contributed by atoms with Crippen LogP contribution in [-0.2, 0) is 4.74 Å². The van der Waals surface area contributed by atoms with Gasteiger partial charge in [0, 0.05) is 31.5 Å². The van der Waals surface area contributed by atoms with Crippen LogP contribution < -0.4 is 0 Å². The lowest BCUT2D eigenvalue weighted by atomic mass is 10.1. The number of nitrogens with zero attached hydrogens (tertiary/aromatic N) is 2. The van der Waals surface area contributed by atoms with Crippen LogP contribution in [-0.4, -0.2) is 52.7 Å². The van der Waals surface area contributed by atoms with Gasteiger partial charge in [-0.1, -0.05) is 0 Å². The number of piperidine rings is 1. The Morgan fingerprint density at radius 2 is 2.15 bits per heavy atom. The summed E-state index contributed by atoms with van der Waals surface area (Å²) in [5.41, 5.74) is 0.257. The Bertz CT molecular complexity index is 496. The summed E-state index contributed by atoms with van der Waals surface area (Å²) in [5.74, 6) is -1.28. The van der Waals surface area contributed by atoms with Crippen molar-refractivity contribution in [3.8, 4) is 0 Å². The van der Waals surface area contributed by atoms with Crippen molar-refractivity contribution in [3.63, 3.8) is 0 Å². The maximum Gasteiger partial charge on any atom is 0.354 e. The summed E-state index contributed by atoms with van der Waals surface area (Å²) in [6.45, 7) is 3.91. The number of carboxylic acid groups (broad SMARTS) is 1. The van der Waals surface area contributed by atoms with Crippen LogP contribution in [0.25, 0.3) is 0 Å². The number of aromatic nitrogens is 1. The van der Waals surface area contributed by atoms with Crippen molar-refractivity contribution in [2.45, 2.75) is 25.9 Å². The van der Waals surface area contributed by atoms with Crippen LogP contribution in [0.1, 0.15) is 40.6 Å². The molecule has 1 fully saturated rings. The van der Waals surface area contributed by atoms with Gasteiger partial charge in [0.1, 0.15) is 5.69 Å². The number of rotatable bonds is 4. The van der Waals surface area contributed by atoms with Crippen LogP contribution in [0.5, 0.6) is 0 Å². The van der Waals surface area contributed by atoms with Crippen LogP contribution in [0, 0.1) is 0 Å². The molecule has 0 unspecified atom stereocenters. The third kappa shape index (κ3) is 3.33. The maximum atomic E-state index is 12.3. The van der Waals surface area contributed by atoms with Crippen molar-refractivity contribution in [2.24, 2.45) is 0 Å². The van der Waals surface area contributed by atoms with Gasteiger partial charge in [0.15, 0.2) is 0 Å². The molecule has 1 aliphatic heterocycles. The molecule has 20 heavy (non-hydrogen) atoms. The summed E-state index contributed by atoms with van der Waals surface area (Å²) in [4.78, 5) is 28.6. The zero-order valence-electron chi connectivity index (χ0n) is 11.4. The molecule has 1 aliphatic rings. The highest BCUT2D eigenvalue weighted by molar-refractivity contribution is 5.96. The Balaban J connectivity index is 2.02. The minimum Gasteiger partial charge on any atom is -0.477 e. The van der Waals surface area contributed by atoms with Gasteiger partial charge in [-0.2, -0.15) is 0 Å². The molecule has 2 rings (SSSR count). The van der Waals surface area contributed by atoms with Crippen molar-refractivity contribution in [1.82, 2.24) is 9.88 Å². The Hall–Kier alpha value is -1.95. The summed E-state index contributed by atoms with van der Waals surface area (Å²) in [6, 6.07) is 2.86. The van der Waals surface area contributed by atoms with Gasteiger partial charge in [-0.05, 0) is 31.9 Å². The van der Waals surface area contributed by atoms with Crippen molar-refractivity contribution < 1.29 is 19.4 Å². The van der Waals surface area contributed by atoms with Gasteiger partial charge in [-0.25, -0.2) is 9.78 Å². The standard InChI is InChI=1S/C14H18N2O4/c1-2-20-11-4-7-16(8-5-11)13(17)10-3-6-15-12(9-10)14(18)19/h3,6,9,11H,2,4-5,7-8H2,1H3,(H,18,19). The number of amides is 1. The lowest BCUT2D eigenvalue weighted by molar-refractivity contribution is 0.0146. The smallest absolute Gasteiger partial charge is 0.354 e. The maximum absolute atomic E-state index is 12.3. The predicted octanol–water partition coefficient (Wildman–Crippen LogP) is 1.42. The molecule has 6 heteroatoms. The molecule has 1 saturated heterocycles. The lowest BCUT2D eigenvalue weighted by Crippen LogP contribution is -2.41. The van der Waals surface area contributed by atoms with Gasteiger partial charge in [-0.3, -0.25) is 4.79 Å². The van der Waals surface area contributed by atoms with E-state index in [2.05, 4.69) is 4.98 Å². The molecule has 1 aromatic rings. The van der Waals surface area contributed by atoms with Gasteiger partial charge in [0.05, 0.1) is 6.10 Å². The first-order chi connectivity index (χ1) is 9.61. The van der Waals surface area contributed by atoms with Gasteiger partial charge in [0.25, 0.3) is 5.91 Å². The summed E-state index contributed by atoms with van der Waals surface area (Å²) >= 11 is 0. The van der Waals surface area contributed by atoms with E-state index in [0.717, 1.165) is 12.8 Å². The predicted molar refractivity (Wildman–Crippen MR) is 71.7 cm³/mol. The van der Waals surface area contributed by atoms with Crippen LogP contribution in [0.15, 0.2) is 18.3 Å². The van der Waals surface area contributed by atoms with Crippen molar-refractivity contribution in [3.05, 3.63) is 29.6 Å². The summed E-state index contributed by atoms with van der Waals surface area (Å²) in [6.07, 6.45) is 3.20. The topological polar surface area (TPSA) is 79.7 Å². The first kappa shape index (κ1) is 14.5. The number of hydrogen-bond donors (Lipinski definition) is 1. The third-order valence-corrected chi connectivity index (χ3v) is 3.36. The molecule has 0 radical (unpaired) electrons. The molecular formula is C14H18N2O4. The van der Waals surface area contributed by atoms with Crippen LogP contribution in [0.2, 0.25) is 0 Å². The molecule has 6 nitrogen and oxygen atoms in total. The Morgan fingerprint density at radius 3 is 2.75 bits per heavy atom. The molecule has 0 aromatic carbocycles. The molecule has 2 heterocycles. The summed E-state index contributed by atoms with van der Waals surface area (Å²) < 4.78 is 5.54. The molecule has 1 amide bonds. The quantitative estimate of drug-likeness (QED) is 0.901. The van der Waals surface area contributed by atoms with Gasteiger partial charge in [0.2, 0.25) is 0 Å². The Morgan fingerprint density at radius 1 is 1.45 bits per heavy atom. The molecule has 0 saturated carbocycles. The average Bonchev–Trinajstić information content (AvgIpc) is 2.48. The number of carbonyl (C=O) groups is 2. The SMILES string of the molecule is CCOC1CCN(C(=O)c2ccnc(C(=O)O)c2)CC1. The van der Waals surface area contributed by atoms with Crippen molar-refractivity contribution >= 4 is 11.9 Å². The van der Waals surface area contributed by atoms with E-state index in [4.69, 9.17) is 9.84 Å². The van der Waals surface area contributed by atoms with E-state index in [0.29, 0.717) is 25.3 Å². The second-order valence-corrected chi connectivity index (χ2v) is 4.68. The number of aromatic carboxylic acids is 1. The fourth-order valence-corrected chi connectivity index (χ4v) is 2.32. The number of likely N-dealkylation sites (tertiary alicyclic amines) is 1. The number of carboxylic acids is 1. The van der Waals surface area contributed by atoms with Gasteiger partial charge in [-0.15, -0.1) is 0 Å². The number of pyridine rings is 1. The first-order valence-corrected chi connectivity index (χ1v) is 6.72. The first-order valence-electron chi connectivity index (χ1n) is 6.72. The molecule has 0 bridgehead atoms. The summed E-state index contributed by atoms with van der Waals surface area (Å²) in [7, 11) is 0. The zero-order valence-corrected chi connectivity index (χ0v) is 11.4. The highest BCUT2D eigenvalue weighted by atomic mass is 16.5. The fourth-order valence-electron chi connectivity index (χ4n) is 2.32. The van der Waals surface area contributed by atoms with E-state index in [-0.39, 0.29) is 17.7 Å². The normalized spacial score (nSPS) is 16.1. The fraction of sp³-hybridized carbons (Fsp3) is 0.500. The third-order valence-electron chi connectivity index (χ3n) is 3.36. The molecule has 1 aromatic heterocycles. The van der Waals surface area contributed by atoms with E-state index >= 15 is 0 Å². The average molecular weight is 278 g/mol. The molecule has 0 aliphatic carbocycles. The number of carbonyl (C=O) groups excluding carboxylic acids is 1. The minimum absolute atomic E-state index is 0.111. The number of hydrogen-bond acceptors (Lipinski definition) is 4. The monoisotopic (exact) mass is 278 g/mol. The minimum atomic E-state index is -1.13. The second kappa shape index (κ2) is 6.47. The van der Waals surface area contributed by atoms with E-state index in [1.807, 2.05) is 6.92 Å². The van der Waals surface area contributed by atoms with E-state index in [9.17, 15) is 9.59 Å². The van der Waals surface area contributed by atoms with Crippen LogP contribution >= 0.6 is 0 Å². The van der Waals surface area contributed by atoms with Crippen LogP contribution in [0.3, 0.4) is 0 Å². The largest absolute Gasteiger partial charge is 0.477 e. The van der Waals surface area contributed by atoms with Crippen LogP contribution in [0.4, 0.5) is 0 Å². The molecule has 0 spiro atoms. The van der Waals surface area contributed by atoms with Crippen molar-refractivity contribution in [1.29, 1.82) is 0 Å². The van der Waals surface area contributed by atoms with Gasteiger partial charge < -0.3 is 14.7 Å². The summed E-state index contributed by atoms with van der Waals surface area (Å²) in [5, 5.41) is 8.89. The molecular weight excluding hydrogens is 260 g/mol. The number of ether oxygens (including phenoxy) is 1. The molecule has 0 atom stereocenters. The highest BCUT2D eigenvalue weighted by Gasteiger charge is 2.24. The van der Waals surface area contributed by atoms with E-state index in [1.165, 1.54) is 12.3 Å². The van der Waals surface area contributed by atoms with E-state index < -0.39 is 5.97 Å². The van der Waals surface area contributed by atoms with Gasteiger partial charge >= 0.3 is 5.97 Å². The molecule has 1 N–H and O–H groups in total. The highest BCUT2D eigenvalue weighted by Crippen LogP contribution is 2.16. The van der Waals surface area contributed by atoms with Crippen molar-refractivity contribution in [2.75, 3.05) is 19.7 Å². The molecule has 108 valence electrons. The lowest BCUT2D eigenvalue weighted by Gasteiger charge is -2.31. The second-order valence-electron chi connectivity index (χ2n) is 4.68. The Kier molecular flexibility index (Phi) is 4.68. The Labute approximate surface area is 117 Å².